The number of nitrogens with one attached hydrogen (secondary N) is 1. The van der Waals surface area contributed by atoms with E-state index < -0.39 is 18.1 Å². The van der Waals surface area contributed by atoms with Crippen molar-refractivity contribution in [3.63, 3.8) is 0 Å². The molecule has 3 aromatic rings. The standard InChI is InChI=1S/C23H22ClN5O3.C2HF3O2/c24-20-9-10-21(27-26-20)29-12-4-11-28(13-14-29)19-8-7-17(15-18(19)23(31)32)25-22(30)16-5-2-1-3-6-16;3-2(4,5)1(6)7/h1-3,5-10,15H,4,11-14H2,(H,25,30)(H,31,32);(H,6,7). The summed E-state index contributed by atoms with van der Waals surface area (Å²) < 4.78 is 31.7. The van der Waals surface area contributed by atoms with E-state index >= 15 is 0 Å². The van der Waals surface area contributed by atoms with E-state index in [2.05, 4.69) is 25.3 Å². The number of aliphatic carboxylic acids is 1. The number of aromatic carboxylic acids is 1. The number of halogens is 4. The Morgan fingerprint density at radius 2 is 1.51 bits per heavy atom. The van der Waals surface area contributed by atoms with Crippen molar-refractivity contribution < 1.29 is 37.8 Å². The summed E-state index contributed by atoms with van der Waals surface area (Å²) in [4.78, 5) is 37.5. The lowest BCUT2D eigenvalue weighted by atomic mass is 10.1. The van der Waals surface area contributed by atoms with Crippen molar-refractivity contribution in [1.29, 1.82) is 0 Å². The van der Waals surface area contributed by atoms with Gasteiger partial charge in [-0.05, 0) is 48.9 Å². The summed E-state index contributed by atoms with van der Waals surface area (Å²) in [5, 5.41) is 28.1. The molecule has 0 atom stereocenters. The third-order valence-electron chi connectivity index (χ3n) is 5.54. The quantitative estimate of drug-likeness (QED) is 0.410. The second kappa shape index (κ2) is 12.9. The predicted molar refractivity (Wildman–Crippen MR) is 138 cm³/mol. The van der Waals surface area contributed by atoms with Crippen LogP contribution < -0.4 is 15.1 Å². The third-order valence-corrected chi connectivity index (χ3v) is 5.74. The van der Waals surface area contributed by atoms with E-state index in [0.717, 1.165) is 18.8 Å². The van der Waals surface area contributed by atoms with Gasteiger partial charge in [-0.1, -0.05) is 29.8 Å². The molecule has 1 aromatic heterocycles. The van der Waals surface area contributed by atoms with Gasteiger partial charge in [0.15, 0.2) is 11.0 Å². The molecule has 10 nitrogen and oxygen atoms in total. The van der Waals surface area contributed by atoms with Crippen molar-refractivity contribution in [2.75, 3.05) is 41.3 Å². The molecule has 0 bridgehead atoms. The van der Waals surface area contributed by atoms with Gasteiger partial charge in [-0.15, -0.1) is 10.2 Å². The van der Waals surface area contributed by atoms with E-state index in [4.69, 9.17) is 21.5 Å². The Morgan fingerprint density at radius 1 is 0.872 bits per heavy atom. The maximum absolute atomic E-state index is 12.4. The molecule has 39 heavy (non-hydrogen) atoms. The Hall–Kier alpha value is -4.39. The second-order valence-electron chi connectivity index (χ2n) is 8.20. The zero-order chi connectivity index (χ0) is 28.6. The Labute approximate surface area is 225 Å². The first-order valence-corrected chi connectivity index (χ1v) is 11.9. The van der Waals surface area contributed by atoms with Crippen LogP contribution in [0.5, 0.6) is 0 Å². The number of carboxylic acids is 2. The molecule has 2 heterocycles. The molecule has 2 aromatic carbocycles. The van der Waals surface area contributed by atoms with Crippen LogP contribution in [0.25, 0.3) is 0 Å². The number of carboxylic acid groups (broad SMARTS) is 2. The van der Waals surface area contributed by atoms with Crippen LogP contribution in [0.2, 0.25) is 5.15 Å². The minimum absolute atomic E-state index is 0.149. The molecule has 14 heteroatoms. The summed E-state index contributed by atoms with van der Waals surface area (Å²) in [5.74, 6) is -3.34. The van der Waals surface area contributed by atoms with Gasteiger partial charge >= 0.3 is 18.1 Å². The lowest BCUT2D eigenvalue weighted by Crippen LogP contribution is -2.32. The summed E-state index contributed by atoms with van der Waals surface area (Å²) >= 11 is 5.83. The molecule has 206 valence electrons. The normalized spacial score (nSPS) is 13.5. The average molecular weight is 566 g/mol. The lowest BCUT2D eigenvalue weighted by molar-refractivity contribution is -0.192. The molecular formula is C25H23ClF3N5O5. The Morgan fingerprint density at radius 3 is 2.10 bits per heavy atom. The van der Waals surface area contributed by atoms with E-state index in [1.807, 2.05) is 12.1 Å². The van der Waals surface area contributed by atoms with Gasteiger partial charge in [-0.25, -0.2) is 9.59 Å². The van der Waals surface area contributed by atoms with Crippen LogP contribution in [0.1, 0.15) is 27.1 Å². The number of anilines is 3. The second-order valence-corrected chi connectivity index (χ2v) is 8.59. The van der Waals surface area contributed by atoms with Crippen molar-refractivity contribution in [2.24, 2.45) is 0 Å². The highest BCUT2D eigenvalue weighted by molar-refractivity contribution is 6.29. The topological polar surface area (TPSA) is 136 Å². The number of carbonyl (C=O) groups excluding carboxylic acids is 1. The number of hydrogen-bond donors (Lipinski definition) is 3. The van der Waals surface area contributed by atoms with Crippen molar-refractivity contribution >= 4 is 46.6 Å². The average Bonchev–Trinajstić information content (AvgIpc) is 3.16. The van der Waals surface area contributed by atoms with Crippen molar-refractivity contribution in [2.45, 2.75) is 12.6 Å². The fourth-order valence-electron chi connectivity index (χ4n) is 3.72. The molecule has 0 unspecified atom stereocenters. The maximum atomic E-state index is 12.4. The Kier molecular flexibility index (Phi) is 9.66. The molecular weight excluding hydrogens is 543 g/mol. The zero-order valence-electron chi connectivity index (χ0n) is 20.2. The van der Waals surface area contributed by atoms with E-state index in [9.17, 15) is 27.9 Å². The number of hydrogen-bond acceptors (Lipinski definition) is 7. The minimum Gasteiger partial charge on any atom is -0.478 e. The molecule has 1 aliphatic rings. The summed E-state index contributed by atoms with van der Waals surface area (Å²) in [6, 6.07) is 17.3. The largest absolute Gasteiger partial charge is 0.490 e. The van der Waals surface area contributed by atoms with Gasteiger partial charge in [-0.2, -0.15) is 13.2 Å². The molecule has 1 saturated heterocycles. The highest BCUT2D eigenvalue weighted by Gasteiger charge is 2.38. The number of alkyl halides is 3. The van der Waals surface area contributed by atoms with Gasteiger partial charge in [0.05, 0.1) is 11.3 Å². The van der Waals surface area contributed by atoms with Crippen molar-refractivity contribution in [3.8, 4) is 0 Å². The van der Waals surface area contributed by atoms with Gasteiger partial charge in [0.2, 0.25) is 0 Å². The van der Waals surface area contributed by atoms with E-state index in [1.165, 1.54) is 6.07 Å². The van der Waals surface area contributed by atoms with E-state index in [0.29, 0.717) is 41.7 Å². The smallest absolute Gasteiger partial charge is 0.478 e. The lowest BCUT2D eigenvalue weighted by Gasteiger charge is -2.25. The number of benzene rings is 2. The number of amides is 1. The predicted octanol–water partition coefficient (Wildman–Crippen LogP) is 4.43. The van der Waals surface area contributed by atoms with E-state index in [1.54, 1.807) is 42.5 Å². The van der Waals surface area contributed by atoms with Gasteiger partial charge in [0.1, 0.15) is 0 Å². The molecule has 0 saturated carbocycles. The van der Waals surface area contributed by atoms with Crippen molar-refractivity contribution in [3.05, 3.63) is 76.9 Å². The van der Waals surface area contributed by atoms with Crippen LogP contribution in [0, 0.1) is 0 Å². The molecule has 4 rings (SSSR count). The minimum atomic E-state index is -5.08. The monoisotopic (exact) mass is 565 g/mol. The van der Waals surface area contributed by atoms with Gasteiger partial charge in [0, 0.05) is 37.4 Å². The van der Waals surface area contributed by atoms with Gasteiger partial charge < -0.3 is 25.3 Å². The summed E-state index contributed by atoms with van der Waals surface area (Å²) in [7, 11) is 0. The number of nitrogens with zero attached hydrogens (tertiary/aromatic N) is 4. The fourth-order valence-corrected chi connectivity index (χ4v) is 3.82. The van der Waals surface area contributed by atoms with Gasteiger partial charge in [0.25, 0.3) is 5.91 Å². The summed E-state index contributed by atoms with van der Waals surface area (Å²) in [6.45, 7) is 2.77. The number of carbonyl (C=O) groups is 3. The number of aromatic nitrogens is 2. The number of rotatable bonds is 5. The van der Waals surface area contributed by atoms with E-state index in [-0.39, 0.29) is 11.5 Å². The first-order valence-electron chi connectivity index (χ1n) is 11.5. The highest BCUT2D eigenvalue weighted by atomic mass is 35.5. The molecule has 0 spiro atoms. The summed E-state index contributed by atoms with van der Waals surface area (Å²) in [5.41, 5.74) is 1.72. The first-order chi connectivity index (χ1) is 18.5. The SMILES string of the molecule is O=C(Nc1ccc(N2CCCN(c3ccc(Cl)nn3)CC2)c(C(=O)O)c1)c1ccccc1.O=C(O)C(F)(F)F. The third kappa shape index (κ3) is 8.30. The summed E-state index contributed by atoms with van der Waals surface area (Å²) in [6.07, 6.45) is -4.25. The zero-order valence-corrected chi connectivity index (χ0v) is 21.0. The molecule has 1 aliphatic heterocycles. The Balaban J connectivity index is 0.000000532. The van der Waals surface area contributed by atoms with Crippen LogP contribution in [0.15, 0.2) is 60.7 Å². The molecule has 1 amide bonds. The highest BCUT2D eigenvalue weighted by Crippen LogP contribution is 2.27. The van der Waals surface area contributed by atoms with Crippen LogP contribution in [-0.2, 0) is 4.79 Å². The molecule has 0 radical (unpaired) electrons. The van der Waals surface area contributed by atoms with Crippen molar-refractivity contribution in [1.82, 2.24) is 10.2 Å². The Bertz CT molecular complexity index is 1310. The van der Waals surface area contributed by atoms with Crippen LogP contribution >= 0.6 is 11.6 Å². The van der Waals surface area contributed by atoms with Gasteiger partial charge in [-0.3, -0.25) is 4.79 Å². The molecule has 1 fully saturated rings. The van der Waals surface area contributed by atoms with Crippen LogP contribution in [0.3, 0.4) is 0 Å². The molecule has 3 N–H and O–H groups in total. The van der Waals surface area contributed by atoms with Crippen LogP contribution in [-0.4, -0.2) is 70.6 Å². The van der Waals surface area contributed by atoms with Crippen LogP contribution in [0.4, 0.5) is 30.4 Å². The molecule has 0 aliphatic carbocycles. The maximum Gasteiger partial charge on any atom is 0.490 e. The first kappa shape index (κ1) is 29.2. The fraction of sp³-hybridized carbons (Fsp3) is 0.240.